The van der Waals surface area contributed by atoms with E-state index in [1.54, 1.807) is 17.7 Å². The average Bonchev–Trinajstić information content (AvgIpc) is 3.46. The van der Waals surface area contributed by atoms with Crippen LogP contribution >= 0.6 is 11.3 Å². The molecule has 2 aliphatic heterocycles. The zero-order valence-electron chi connectivity index (χ0n) is 24.6. The molecule has 1 aromatic carbocycles. The van der Waals surface area contributed by atoms with Gasteiger partial charge in [-0.1, -0.05) is 11.6 Å². The molecule has 4 aromatic rings. The Hall–Kier alpha value is -3.58. The summed E-state index contributed by atoms with van der Waals surface area (Å²) < 4.78 is 45.2. The van der Waals surface area contributed by atoms with Crippen molar-refractivity contribution in [1.29, 1.82) is 0 Å². The van der Waals surface area contributed by atoms with Crippen molar-refractivity contribution in [3.63, 3.8) is 0 Å². The van der Waals surface area contributed by atoms with Crippen LogP contribution in [0.2, 0.25) is 0 Å². The number of benzene rings is 1. The summed E-state index contributed by atoms with van der Waals surface area (Å²) in [6, 6.07) is 0.448. The lowest BCUT2D eigenvalue weighted by atomic mass is 10.1. The van der Waals surface area contributed by atoms with Gasteiger partial charge in [0.05, 0.1) is 28.2 Å². The summed E-state index contributed by atoms with van der Waals surface area (Å²) in [5.74, 6) is -2.22. The summed E-state index contributed by atoms with van der Waals surface area (Å²) >= 11 is 1.31. The molecule has 1 saturated heterocycles. The van der Waals surface area contributed by atoms with Crippen LogP contribution in [0.3, 0.4) is 0 Å². The lowest BCUT2D eigenvalue weighted by Gasteiger charge is -2.44. The molecule has 1 amide bonds. The molecule has 13 heteroatoms. The molecule has 0 spiro atoms. The van der Waals surface area contributed by atoms with Crippen molar-refractivity contribution >= 4 is 27.5 Å². The lowest BCUT2D eigenvalue weighted by molar-refractivity contribution is 0.0267. The number of nitrogens with zero attached hydrogens (tertiary/aromatic N) is 7. The van der Waals surface area contributed by atoms with Gasteiger partial charge in [-0.3, -0.25) is 19.1 Å². The summed E-state index contributed by atoms with van der Waals surface area (Å²) in [4.78, 5) is 37.2. The van der Waals surface area contributed by atoms with Crippen molar-refractivity contribution in [3.05, 3.63) is 73.7 Å². The second kappa shape index (κ2) is 11.5. The third kappa shape index (κ3) is 5.37. The van der Waals surface area contributed by atoms with Crippen LogP contribution in [0.15, 0.2) is 23.1 Å². The van der Waals surface area contributed by atoms with E-state index in [1.807, 2.05) is 25.7 Å². The average molecular weight is 614 g/mol. The molecule has 0 saturated carbocycles. The van der Waals surface area contributed by atoms with Gasteiger partial charge < -0.3 is 4.90 Å². The van der Waals surface area contributed by atoms with Gasteiger partial charge in [0.15, 0.2) is 0 Å². The summed E-state index contributed by atoms with van der Waals surface area (Å²) in [5.41, 5.74) is 0.981. The number of halogens is 3. The third-order valence-corrected chi connectivity index (χ3v) is 9.93. The first kappa shape index (κ1) is 29.5. The van der Waals surface area contributed by atoms with E-state index in [4.69, 9.17) is 4.98 Å². The molecular weight excluding hydrogens is 579 g/mol. The van der Waals surface area contributed by atoms with Gasteiger partial charge >= 0.3 is 0 Å². The van der Waals surface area contributed by atoms with Gasteiger partial charge in [-0.2, -0.15) is 0 Å². The second-order valence-corrected chi connectivity index (χ2v) is 12.8. The molecule has 0 N–H and O–H groups in total. The Bertz CT molecular complexity index is 1730. The zero-order valence-corrected chi connectivity index (χ0v) is 25.4. The first-order valence-corrected chi connectivity index (χ1v) is 15.5. The Kier molecular flexibility index (Phi) is 7.88. The molecule has 1 fully saturated rings. The normalized spacial score (nSPS) is 20.3. The van der Waals surface area contributed by atoms with Crippen LogP contribution in [0.5, 0.6) is 0 Å². The number of hydrogen-bond donors (Lipinski definition) is 0. The predicted octanol–water partition coefficient (Wildman–Crippen LogP) is 4.85. The number of aromatic nitrogens is 5. The molecule has 0 radical (unpaired) electrons. The molecule has 0 unspecified atom stereocenters. The first-order chi connectivity index (χ1) is 20.5. The van der Waals surface area contributed by atoms with E-state index >= 15 is 0 Å². The highest BCUT2D eigenvalue weighted by Crippen LogP contribution is 2.31. The molecule has 3 atom stereocenters. The molecule has 5 heterocycles. The molecule has 9 nitrogen and oxygen atoms in total. The Morgan fingerprint density at radius 2 is 1.79 bits per heavy atom. The number of aryl methyl sites for hydroxylation is 2. The predicted molar refractivity (Wildman–Crippen MR) is 157 cm³/mol. The summed E-state index contributed by atoms with van der Waals surface area (Å²) in [5, 5.41) is 8.86. The topological polar surface area (TPSA) is 89.2 Å². The third-order valence-electron chi connectivity index (χ3n) is 8.76. The van der Waals surface area contributed by atoms with Gasteiger partial charge in [0.2, 0.25) is 0 Å². The van der Waals surface area contributed by atoms with E-state index in [9.17, 15) is 22.8 Å². The maximum Gasteiger partial charge on any atom is 0.264 e. The SMILES string of the molecule is Cc1c(C(=O)N2C[C@@H](C)N(Cc3cn([C@H](C)c4c(F)cc(F)cc4F)nn3)[C@@H](C)C2)sc2nc3n(c(=O)c12)CCCCC3. The smallest absolute Gasteiger partial charge is 0.264 e. The Morgan fingerprint density at radius 3 is 2.49 bits per heavy atom. The zero-order chi connectivity index (χ0) is 30.6. The Morgan fingerprint density at radius 1 is 1.09 bits per heavy atom. The molecule has 3 aromatic heterocycles. The molecule has 0 bridgehead atoms. The molecular formula is C30H34F3N7O2S. The van der Waals surface area contributed by atoms with Crippen LogP contribution in [0.4, 0.5) is 13.2 Å². The van der Waals surface area contributed by atoms with Gasteiger partial charge in [0, 0.05) is 62.4 Å². The minimum atomic E-state index is -0.978. The maximum absolute atomic E-state index is 14.3. The van der Waals surface area contributed by atoms with E-state index < -0.39 is 23.5 Å². The number of carbonyl (C=O) groups is 1. The van der Waals surface area contributed by atoms with Crippen molar-refractivity contribution in [1.82, 2.24) is 34.3 Å². The van der Waals surface area contributed by atoms with Crippen LogP contribution < -0.4 is 5.56 Å². The van der Waals surface area contributed by atoms with Crippen molar-refractivity contribution in [2.45, 2.75) is 84.6 Å². The highest BCUT2D eigenvalue weighted by atomic mass is 32.1. The number of hydrogen-bond acceptors (Lipinski definition) is 7. The van der Waals surface area contributed by atoms with Crippen molar-refractivity contribution < 1.29 is 18.0 Å². The van der Waals surface area contributed by atoms with Crippen LogP contribution in [0, 0.1) is 24.4 Å². The van der Waals surface area contributed by atoms with E-state index in [0.717, 1.165) is 31.5 Å². The molecule has 228 valence electrons. The Balaban J connectivity index is 1.17. The molecule has 2 aliphatic rings. The minimum Gasteiger partial charge on any atom is -0.335 e. The van der Waals surface area contributed by atoms with Gasteiger partial charge in [0.25, 0.3) is 11.5 Å². The van der Waals surface area contributed by atoms with Crippen molar-refractivity contribution in [2.75, 3.05) is 13.1 Å². The number of carbonyl (C=O) groups excluding carboxylic acids is 1. The first-order valence-electron chi connectivity index (χ1n) is 14.7. The second-order valence-electron chi connectivity index (χ2n) is 11.8. The summed E-state index contributed by atoms with van der Waals surface area (Å²) in [6.45, 7) is 9.55. The highest BCUT2D eigenvalue weighted by molar-refractivity contribution is 7.20. The Labute approximate surface area is 250 Å². The van der Waals surface area contributed by atoms with Crippen LogP contribution in [0.25, 0.3) is 10.2 Å². The van der Waals surface area contributed by atoms with Crippen molar-refractivity contribution in [2.24, 2.45) is 0 Å². The van der Waals surface area contributed by atoms with Crippen LogP contribution in [-0.4, -0.2) is 65.4 Å². The maximum atomic E-state index is 14.3. The fraction of sp³-hybridized carbons (Fsp3) is 0.500. The van der Waals surface area contributed by atoms with E-state index in [-0.39, 0.29) is 29.1 Å². The fourth-order valence-electron chi connectivity index (χ4n) is 6.44. The number of thiophene rings is 1. The number of amides is 1. The van der Waals surface area contributed by atoms with Gasteiger partial charge in [-0.25, -0.2) is 22.8 Å². The monoisotopic (exact) mass is 613 g/mol. The summed E-state index contributed by atoms with van der Waals surface area (Å²) in [7, 11) is 0. The number of piperazine rings is 1. The van der Waals surface area contributed by atoms with E-state index in [2.05, 4.69) is 15.2 Å². The number of fused-ring (bicyclic) bond motifs is 2. The molecule has 43 heavy (non-hydrogen) atoms. The molecule has 0 aliphatic carbocycles. The fourth-order valence-corrected chi connectivity index (χ4v) is 7.60. The van der Waals surface area contributed by atoms with E-state index in [1.165, 1.54) is 16.0 Å². The van der Waals surface area contributed by atoms with Gasteiger partial charge in [-0.15, -0.1) is 16.4 Å². The van der Waals surface area contributed by atoms with Crippen LogP contribution in [0.1, 0.15) is 78.4 Å². The van der Waals surface area contributed by atoms with Crippen LogP contribution in [-0.2, 0) is 19.5 Å². The van der Waals surface area contributed by atoms with Gasteiger partial charge in [0.1, 0.15) is 28.1 Å². The standard InChI is InChI=1S/C30H34F3N7O2S/c1-16-12-37(30(42)27-18(3)25-28(43-27)34-24-8-6-5-7-9-38(24)29(25)41)13-17(2)39(16)14-21-15-40(36-35-21)19(4)26-22(32)10-20(31)11-23(26)33/h10-11,15-17,19H,5-9,12-14H2,1-4H3/t16-,17+,19-/m1/s1. The van der Waals surface area contributed by atoms with Gasteiger partial charge in [-0.05, 0) is 46.1 Å². The van der Waals surface area contributed by atoms with Crippen molar-refractivity contribution in [3.8, 4) is 0 Å². The number of rotatable bonds is 5. The lowest BCUT2D eigenvalue weighted by Crippen LogP contribution is -2.57. The quantitative estimate of drug-likeness (QED) is 0.320. The van der Waals surface area contributed by atoms with E-state index in [0.29, 0.717) is 64.7 Å². The summed E-state index contributed by atoms with van der Waals surface area (Å²) in [6.07, 6.45) is 5.45. The largest absolute Gasteiger partial charge is 0.335 e. The molecule has 6 rings (SSSR count). The highest BCUT2D eigenvalue weighted by Gasteiger charge is 2.34. The minimum absolute atomic E-state index is 0.0169.